The summed E-state index contributed by atoms with van der Waals surface area (Å²) in [5, 5.41) is 17.2. The summed E-state index contributed by atoms with van der Waals surface area (Å²) in [7, 11) is 0. The van der Waals surface area contributed by atoms with Crippen LogP contribution in [0.3, 0.4) is 0 Å². The maximum atomic E-state index is 13.1. The number of carbonyl (C=O) groups is 2. The number of nitrogens with two attached hydrogens (primary N) is 1. The minimum absolute atomic E-state index is 0.332. The first-order chi connectivity index (χ1) is 9.40. The van der Waals surface area contributed by atoms with Crippen molar-refractivity contribution in [3.8, 4) is 0 Å². The molecule has 0 fully saturated rings. The molecule has 0 unspecified atom stereocenters. The number of carbonyl (C=O) groups excluding carboxylic acids is 1. The van der Waals surface area contributed by atoms with Gasteiger partial charge in [-0.2, -0.15) is 0 Å². The zero-order valence-corrected chi connectivity index (χ0v) is 9.55. The Labute approximate surface area is 109 Å². The third-order valence-electron chi connectivity index (χ3n) is 2.27. The molecule has 0 saturated carbocycles. The third kappa shape index (κ3) is 2.39. The molecule has 1 aromatic heterocycles. The average Bonchev–Trinajstić information content (AvgIpc) is 2.79. The van der Waals surface area contributed by atoms with Crippen molar-refractivity contribution in [3.05, 3.63) is 35.0 Å². The molecule has 0 aliphatic heterocycles. The molecule has 2 rings (SSSR count). The molecular formula is C10H6F2N4O4. The number of hydrogen-bond acceptors (Lipinski definition) is 6. The van der Waals surface area contributed by atoms with Gasteiger partial charge in [0.05, 0.1) is 11.3 Å². The number of rotatable bonds is 3. The van der Waals surface area contributed by atoms with E-state index in [1.165, 1.54) is 0 Å². The van der Waals surface area contributed by atoms with Gasteiger partial charge in [-0.1, -0.05) is 0 Å². The first kappa shape index (κ1) is 13.4. The number of aromatic nitrogens is 2. The fourth-order valence-electron chi connectivity index (χ4n) is 1.36. The maximum absolute atomic E-state index is 13.1. The molecule has 2 aromatic rings. The fourth-order valence-corrected chi connectivity index (χ4v) is 1.36. The quantitative estimate of drug-likeness (QED) is 0.762. The lowest BCUT2D eigenvalue weighted by molar-refractivity contribution is 0.0697. The summed E-state index contributed by atoms with van der Waals surface area (Å²) in [4.78, 5) is 22.6. The zero-order chi connectivity index (χ0) is 14.9. The summed E-state index contributed by atoms with van der Waals surface area (Å²) >= 11 is 0. The van der Waals surface area contributed by atoms with Gasteiger partial charge in [0.25, 0.3) is 5.91 Å². The molecule has 1 aromatic carbocycles. The molecule has 1 amide bonds. The van der Waals surface area contributed by atoms with Crippen molar-refractivity contribution >= 4 is 23.4 Å². The Morgan fingerprint density at radius 3 is 2.45 bits per heavy atom. The monoisotopic (exact) mass is 284 g/mol. The largest absolute Gasteiger partial charge is 0.478 e. The molecule has 0 atom stereocenters. The van der Waals surface area contributed by atoms with Gasteiger partial charge in [-0.05, 0) is 16.4 Å². The van der Waals surface area contributed by atoms with Crippen LogP contribution in [0.5, 0.6) is 0 Å². The van der Waals surface area contributed by atoms with Crippen LogP contribution in [0, 0.1) is 11.6 Å². The lowest BCUT2D eigenvalue weighted by atomic mass is 10.1. The van der Waals surface area contributed by atoms with E-state index in [1.54, 1.807) is 0 Å². The van der Waals surface area contributed by atoms with Gasteiger partial charge in [0.15, 0.2) is 11.6 Å². The summed E-state index contributed by atoms with van der Waals surface area (Å²) in [6.07, 6.45) is 0. The SMILES string of the molecule is Nc1nonc1C(=O)Nc1cc(F)c(F)cc1C(=O)O. The normalized spacial score (nSPS) is 10.3. The smallest absolute Gasteiger partial charge is 0.337 e. The second-order valence-corrected chi connectivity index (χ2v) is 3.57. The van der Waals surface area contributed by atoms with E-state index in [-0.39, 0.29) is 5.82 Å². The van der Waals surface area contributed by atoms with Crippen LogP contribution in [0.25, 0.3) is 0 Å². The summed E-state index contributed by atoms with van der Waals surface area (Å²) < 4.78 is 30.3. The number of amides is 1. The fraction of sp³-hybridized carbons (Fsp3) is 0. The number of halogens is 2. The number of nitrogen functional groups attached to an aromatic ring is 1. The standard InChI is InChI=1S/C10H6F2N4O4/c11-4-1-3(10(18)19)6(2-5(4)12)14-9(17)7-8(13)16-20-15-7/h1-2H,(H2,13,16)(H,14,17)(H,18,19). The second-order valence-electron chi connectivity index (χ2n) is 3.57. The Bertz CT molecular complexity index is 701. The van der Waals surface area contributed by atoms with E-state index in [1.807, 2.05) is 5.32 Å². The topological polar surface area (TPSA) is 131 Å². The van der Waals surface area contributed by atoms with E-state index in [0.717, 1.165) is 0 Å². The van der Waals surface area contributed by atoms with E-state index < -0.39 is 40.5 Å². The molecule has 4 N–H and O–H groups in total. The van der Waals surface area contributed by atoms with Crippen LogP contribution in [-0.2, 0) is 0 Å². The van der Waals surface area contributed by atoms with Gasteiger partial charge in [-0.3, -0.25) is 4.79 Å². The van der Waals surface area contributed by atoms with E-state index in [4.69, 9.17) is 10.8 Å². The Kier molecular flexibility index (Phi) is 3.29. The van der Waals surface area contributed by atoms with Gasteiger partial charge in [0, 0.05) is 6.07 Å². The number of anilines is 2. The number of carboxylic acids is 1. The molecule has 0 radical (unpaired) electrons. The zero-order valence-electron chi connectivity index (χ0n) is 9.55. The Balaban J connectivity index is 2.38. The molecule has 0 spiro atoms. The molecule has 10 heteroatoms. The van der Waals surface area contributed by atoms with E-state index in [2.05, 4.69) is 14.9 Å². The minimum Gasteiger partial charge on any atom is -0.478 e. The Hall–Kier alpha value is -3.04. The Morgan fingerprint density at radius 2 is 1.90 bits per heavy atom. The maximum Gasteiger partial charge on any atom is 0.337 e. The van der Waals surface area contributed by atoms with Gasteiger partial charge in [0.1, 0.15) is 0 Å². The molecule has 20 heavy (non-hydrogen) atoms. The highest BCUT2D eigenvalue weighted by Gasteiger charge is 2.21. The minimum atomic E-state index is -1.55. The molecule has 8 nitrogen and oxygen atoms in total. The number of benzene rings is 1. The average molecular weight is 284 g/mol. The van der Waals surface area contributed by atoms with Crippen LogP contribution < -0.4 is 11.1 Å². The number of carboxylic acid groups (broad SMARTS) is 1. The second kappa shape index (κ2) is 4.91. The highest BCUT2D eigenvalue weighted by molar-refractivity contribution is 6.08. The van der Waals surface area contributed by atoms with Crippen molar-refractivity contribution in [1.29, 1.82) is 0 Å². The number of hydrogen-bond donors (Lipinski definition) is 3. The molecule has 0 saturated heterocycles. The predicted octanol–water partition coefficient (Wildman–Crippen LogP) is 0.881. The summed E-state index contributed by atoms with van der Waals surface area (Å²) in [6.45, 7) is 0. The highest BCUT2D eigenvalue weighted by atomic mass is 19.2. The molecule has 1 heterocycles. The van der Waals surface area contributed by atoms with Crippen molar-refractivity contribution in [2.75, 3.05) is 11.1 Å². The van der Waals surface area contributed by atoms with Gasteiger partial charge in [0.2, 0.25) is 11.5 Å². The van der Waals surface area contributed by atoms with Crippen LogP contribution in [0.4, 0.5) is 20.3 Å². The van der Waals surface area contributed by atoms with Gasteiger partial charge in [-0.25, -0.2) is 18.2 Å². The van der Waals surface area contributed by atoms with Crippen LogP contribution in [-0.4, -0.2) is 27.3 Å². The van der Waals surface area contributed by atoms with Crippen molar-refractivity contribution in [3.63, 3.8) is 0 Å². The predicted molar refractivity (Wildman–Crippen MR) is 60.0 cm³/mol. The van der Waals surface area contributed by atoms with Gasteiger partial charge >= 0.3 is 5.97 Å². The van der Waals surface area contributed by atoms with E-state index in [9.17, 15) is 18.4 Å². The third-order valence-corrected chi connectivity index (χ3v) is 2.27. The lowest BCUT2D eigenvalue weighted by Crippen LogP contribution is -2.17. The molecule has 0 bridgehead atoms. The van der Waals surface area contributed by atoms with Crippen LogP contribution in [0.2, 0.25) is 0 Å². The van der Waals surface area contributed by atoms with Gasteiger partial charge < -0.3 is 16.2 Å². The number of nitrogens with one attached hydrogen (secondary N) is 1. The van der Waals surface area contributed by atoms with E-state index in [0.29, 0.717) is 12.1 Å². The number of nitrogens with zero attached hydrogens (tertiary/aromatic N) is 2. The first-order valence-corrected chi connectivity index (χ1v) is 5.02. The molecule has 104 valence electrons. The van der Waals surface area contributed by atoms with Crippen molar-refractivity contribution in [2.45, 2.75) is 0 Å². The van der Waals surface area contributed by atoms with Crippen molar-refractivity contribution in [1.82, 2.24) is 10.3 Å². The highest BCUT2D eigenvalue weighted by Crippen LogP contribution is 2.21. The summed E-state index contributed by atoms with van der Waals surface area (Å²) in [5.74, 6) is -5.54. The first-order valence-electron chi connectivity index (χ1n) is 5.02. The summed E-state index contributed by atoms with van der Waals surface area (Å²) in [5.41, 5.74) is 3.77. The molecule has 0 aliphatic rings. The van der Waals surface area contributed by atoms with Crippen LogP contribution in [0.15, 0.2) is 16.8 Å². The molecule has 0 aliphatic carbocycles. The summed E-state index contributed by atoms with van der Waals surface area (Å²) in [6, 6.07) is 0.970. The Morgan fingerprint density at radius 1 is 1.25 bits per heavy atom. The van der Waals surface area contributed by atoms with Crippen LogP contribution in [0.1, 0.15) is 20.8 Å². The number of aromatic carboxylic acids is 1. The molecular weight excluding hydrogens is 278 g/mol. The van der Waals surface area contributed by atoms with Crippen molar-refractivity contribution < 1.29 is 28.1 Å². The van der Waals surface area contributed by atoms with Crippen LogP contribution >= 0.6 is 0 Å². The van der Waals surface area contributed by atoms with E-state index >= 15 is 0 Å². The van der Waals surface area contributed by atoms with Gasteiger partial charge in [-0.15, -0.1) is 0 Å². The lowest BCUT2D eigenvalue weighted by Gasteiger charge is -2.07. The van der Waals surface area contributed by atoms with Crippen molar-refractivity contribution in [2.24, 2.45) is 0 Å².